The van der Waals surface area contributed by atoms with Crippen LogP contribution >= 0.6 is 0 Å². The summed E-state index contributed by atoms with van der Waals surface area (Å²) in [6, 6.07) is 4.12. The number of Topliss-reactive ketones (excluding diaryl/α,β-unsaturated/α-hetero) is 1. The van der Waals surface area contributed by atoms with Gasteiger partial charge in [0.1, 0.15) is 5.75 Å². The van der Waals surface area contributed by atoms with Crippen LogP contribution in [0.25, 0.3) is 0 Å². The monoisotopic (exact) mass is 261 g/mol. The molecule has 1 aromatic rings. The van der Waals surface area contributed by atoms with Gasteiger partial charge in [0.25, 0.3) is 0 Å². The second-order valence-corrected chi connectivity index (χ2v) is 5.13. The van der Waals surface area contributed by atoms with Crippen molar-refractivity contribution in [3.05, 3.63) is 23.3 Å². The molecular formula is C16H23NO2. The van der Waals surface area contributed by atoms with Gasteiger partial charge < -0.3 is 9.64 Å². The van der Waals surface area contributed by atoms with E-state index >= 15 is 0 Å². The van der Waals surface area contributed by atoms with Crippen LogP contribution in [0.15, 0.2) is 12.1 Å². The van der Waals surface area contributed by atoms with E-state index in [-0.39, 0.29) is 5.78 Å². The average molecular weight is 261 g/mol. The third-order valence-corrected chi connectivity index (χ3v) is 3.87. The number of benzene rings is 1. The van der Waals surface area contributed by atoms with Crippen LogP contribution in [0, 0.1) is 0 Å². The molecule has 3 nitrogen and oxygen atoms in total. The molecule has 0 aliphatic carbocycles. The summed E-state index contributed by atoms with van der Waals surface area (Å²) in [6.45, 7) is 5.84. The van der Waals surface area contributed by atoms with Crippen LogP contribution in [-0.2, 0) is 6.42 Å². The first-order valence-electron chi connectivity index (χ1n) is 7.14. The van der Waals surface area contributed by atoms with Crippen molar-refractivity contribution in [2.24, 2.45) is 0 Å². The van der Waals surface area contributed by atoms with Gasteiger partial charge in [-0.3, -0.25) is 4.79 Å². The number of carbonyl (C=O) groups is 1. The molecule has 0 unspecified atom stereocenters. The fraction of sp³-hybridized carbons (Fsp3) is 0.562. The number of ether oxygens (including phenoxy) is 1. The van der Waals surface area contributed by atoms with Gasteiger partial charge in [0, 0.05) is 36.0 Å². The van der Waals surface area contributed by atoms with Gasteiger partial charge in [-0.1, -0.05) is 6.92 Å². The summed E-state index contributed by atoms with van der Waals surface area (Å²) >= 11 is 0. The van der Waals surface area contributed by atoms with E-state index in [1.807, 2.05) is 6.07 Å². The molecule has 1 aliphatic rings. The van der Waals surface area contributed by atoms with Gasteiger partial charge in [0.2, 0.25) is 0 Å². The van der Waals surface area contributed by atoms with Crippen molar-refractivity contribution in [1.82, 2.24) is 0 Å². The molecular weight excluding hydrogens is 238 g/mol. The Morgan fingerprint density at radius 1 is 1.26 bits per heavy atom. The highest BCUT2D eigenvalue weighted by molar-refractivity contribution is 5.97. The lowest BCUT2D eigenvalue weighted by molar-refractivity contribution is 0.101. The molecule has 19 heavy (non-hydrogen) atoms. The van der Waals surface area contributed by atoms with Gasteiger partial charge in [-0.05, 0) is 38.7 Å². The van der Waals surface area contributed by atoms with E-state index in [9.17, 15) is 4.79 Å². The summed E-state index contributed by atoms with van der Waals surface area (Å²) < 4.78 is 5.48. The van der Waals surface area contributed by atoms with Crippen LogP contribution in [0.1, 0.15) is 49.0 Å². The lowest BCUT2D eigenvalue weighted by Crippen LogP contribution is -2.29. The molecule has 0 saturated carbocycles. The van der Waals surface area contributed by atoms with Gasteiger partial charge in [-0.15, -0.1) is 0 Å². The third-order valence-electron chi connectivity index (χ3n) is 3.87. The quantitative estimate of drug-likeness (QED) is 0.777. The number of ketones is 1. The topological polar surface area (TPSA) is 29.5 Å². The molecule has 1 heterocycles. The van der Waals surface area contributed by atoms with Crippen LogP contribution in [0.2, 0.25) is 0 Å². The van der Waals surface area contributed by atoms with E-state index in [0.29, 0.717) is 0 Å². The molecule has 1 fully saturated rings. The predicted molar refractivity (Wildman–Crippen MR) is 78.4 cm³/mol. The van der Waals surface area contributed by atoms with E-state index in [0.717, 1.165) is 42.1 Å². The van der Waals surface area contributed by atoms with Crippen molar-refractivity contribution >= 4 is 11.5 Å². The molecule has 1 aromatic carbocycles. The number of methoxy groups -OCH3 is 1. The van der Waals surface area contributed by atoms with Gasteiger partial charge in [0.15, 0.2) is 5.78 Å². The van der Waals surface area contributed by atoms with Crippen molar-refractivity contribution in [1.29, 1.82) is 0 Å². The van der Waals surface area contributed by atoms with Crippen molar-refractivity contribution in [2.45, 2.75) is 39.5 Å². The van der Waals surface area contributed by atoms with Crippen molar-refractivity contribution in [2.75, 3.05) is 25.1 Å². The lowest BCUT2D eigenvalue weighted by atomic mass is 9.99. The normalized spacial score (nSPS) is 15.4. The zero-order valence-electron chi connectivity index (χ0n) is 12.2. The summed E-state index contributed by atoms with van der Waals surface area (Å²) in [7, 11) is 1.68. The number of carbonyl (C=O) groups excluding carboxylic acids is 1. The summed E-state index contributed by atoms with van der Waals surface area (Å²) in [5.41, 5.74) is 2.96. The first kappa shape index (κ1) is 13.9. The largest absolute Gasteiger partial charge is 0.496 e. The zero-order chi connectivity index (χ0) is 13.8. The highest BCUT2D eigenvalue weighted by atomic mass is 16.5. The number of hydrogen-bond acceptors (Lipinski definition) is 3. The zero-order valence-corrected chi connectivity index (χ0v) is 12.2. The fourth-order valence-corrected chi connectivity index (χ4v) is 2.83. The Morgan fingerprint density at radius 3 is 2.47 bits per heavy atom. The van der Waals surface area contributed by atoms with E-state index in [2.05, 4.69) is 17.9 Å². The van der Waals surface area contributed by atoms with Gasteiger partial charge >= 0.3 is 0 Å². The molecule has 0 radical (unpaired) electrons. The second kappa shape index (κ2) is 6.09. The summed E-state index contributed by atoms with van der Waals surface area (Å²) in [5.74, 6) is 0.963. The lowest BCUT2D eigenvalue weighted by Gasteiger charge is -2.30. The molecule has 0 spiro atoms. The Bertz CT molecular complexity index is 462. The van der Waals surface area contributed by atoms with E-state index in [4.69, 9.17) is 4.74 Å². The standard InChI is InChI=1S/C16H23NO2/c1-4-14-15(12(2)18)10-13(11-16(14)19-3)17-8-6-5-7-9-17/h10-11H,4-9H2,1-3H3. The first-order valence-corrected chi connectivity index (χ1v) is 7.14. The molecule has 104 valence electrons. The summed E-state index contributed by atoms with van der Waals surface area (Å²) in [5, 5.41) is 0. The predicted octanol–water partition coefficient (Wildman–Crippen LogP) is 3.45. The molecule has 0 bridgehead atoms. The van der Waals surface area contributed by atoms with E-state index in [1.165, 1.54) is 19.3 Å². The Balaban J connectivity index is 2.44. The van der Waals surface area contributed by atoms with Crippen molar-refractivity contribution < 1.29 is 9.53 Å². The molecule has 1 saturated heterocycles. The van der Waals surface area contributed by atoms with Crippen LogP contribution in [0.4, 0.5) is 5.69 Å². The Morgan fingerprint density at radius 2 is 1.95 bits per heavy atom. The van der Waals surface area contributed by atoms with Crippen LogP contribution < -0.4 is 9.64 Å². The number of anilines is 1. The van der Waals surface area contributed by atoms with E-state index in [1.54, 1.807) is 14.0 Å². The Kier molecular flexibility index (Phi) is 4.46. The van der Waals surface area contributed by atoms with Gasteiger partial charge in [-0.2, -0.15) is 0 Å². The fourth-order valence-electron chi connectivity index (χ4n) is 2.83. The Labute approximate surface area is 115 Å². The van der Waals surface area contributed by atoms with E-state index < -0.39 is 0 Å². The minimum atomic E-state index is 0.119. The van der Waals surface area contributed by atoms with Crippen LogP contribution in [0.3, 0.4) is 0 Å². The maximum absolute atomic E-state index is 11.9. The average Bonchev–Trinajstić information content (AvgIpc) is 2.46. The second-order valence-electron chi connectivity index (χ2n) is 5.13. The minimum absolute atomic E-state index is 0.119. The van der Waals surface area contributed by atoms with Crippen molar-refractivity contribution in [3.8, 4) is 5.75 Å². The molecule has 1 aliphatic heterocycles. The minimum Gasteiger partial charge on any atom is -0.496 e. The highest BCUT2D eigenvalue weighted by Gasteiger charge is 2.17. The molecule has 0 N–H and O–H groups in total. The smallest absolute Gasteiger partial charge is 0.160 e. The molecule has 0 aromatic heterocycles. The number of rotatable bonds is 4. The molecule has 0 amide bonds. The SMILES string of the molecule is CCc1c(OC)cc(N2CCCCC2)cc1C(C)=O. The summed E-state index contributed by atoms with van der Waals surface area (Å²) in [4.78, 5) is 14.2. The molecule has 2 rings (SSSR count). The summed E-state index contributed by atoms with van der Waals surface area (Å²) in [6.07, 6.45) is 4.58. The van der Waals surface area contributed by atoms with Crippen LogP contribution in [-0.4, -0.2) is 26.0 Å². The van der Waals surface area contributed by atoms with Crippen LogP contribution in [0.5, 0.6) is 5.75 Å². The number of piperidine rings is 1. The highest BCUT2D eigenvalue weighted by Crippen LogP contribution is 2.31. The van der Waals surface area contributed by atoms with Crippen molar-refractivity contribution in [3.63, 3.8) is 0 Å². The third kappa shape index (κ3) is 2.91. The maximum atomic E-state index is 11.9. The molecule has 3 heteroatoms. The Hall–Kier alpha value is -1.51. The number of hydrogen-bond donors (Lipinski definition) is 0. The van der Waals surface area contributed by atoms with Gasteiger partial charge in [0.05, 0.1) is 7.11 Å². The molecule has 0 atom stereocenters. The van der Waals surface area contributed by atoms with Gasteiger partial charge in [-0.25, -0.2) is 0 Å². The number of nitrogens with zero attached hydrogens (tertiary/aromatic N) is 1. The maximum Gasteiger partial charge on any atom is 0.160 e. The first-order chi connectivity index (χ1) is 9.17.